The molecule has 0 spiro atoms. The van der Waals surface area contributed by atoms with E-state index in [1.165, 1.54) is 16.3 Å². The van der Waals surface area contributed by atoms with E-state index in [9.17, 15) is 0 Å². The quantitative estimate of drug-likeness (QED) is 0.878. The first kappa shape index (κ1) is 11.1. The molecule has 0 saturated heterocycles. The third-order valence-corrected chi connectivity index (χ3v) is 3.72. The second kappa shape index (κ2) is 4.03. The zero-order valence-electron chi connectivity index (χ0n) is 10.5. The highest BCUT2D eigenvalue weighted by molar-refractivity contribution is 5.86. The van der Waals surface area contributed by atoms with Gasteiger partial charge in [0.1, 0.15) is 0 Å². The van der Waals surface area contributed by atoms with Crippen molar-refractivity contribution < 1.29 is 0 Å². The molecular weight excluding hydrogens is 220 g/mol. The van der Waals surface area contributed by atoms with E-state index in [0.717, 1.165) is 25.1 Å². The number of nitrogens with one attached hydrogen (secondary N) is 1. The standard InChI is InChI=1S/C16H16N2/c1-12-2-3-14-9-15(5-4-13(14)8-12)18-11-16(10-17)6-7-16/h2-5,8-9,18H,6-7,11H2,1H3. The number of fused-ring (bicyclic) bond motifs is 1. The van der Waals surface area contributed by atoms with Gasteiger partial charge in [0.05, 0.1) is 11.5 Å². The molecule has 0 radical (unpaired) electrons. The topological polar surface area (TPSA) is 35.8 Å². The number of hydrogen-bond acceptors (Lipinski definition) is 2. The Hall–Kier alpha value is -2.01. The Morgan fingerprint density at radius 1 is 1.17 bits per heavy atom. The van der Waals surface area contributed by atoms with Crippen LogP contribution in [-0.2, 0) is 0 Å². The van der Waals surface area contributed by atoms with Gasteiger partial charge in [-0.2, -0.15) is 5.26 Å². The molecule has 0 amide bonds. The van der Waals surface area contributed by atoms with Crippen molar-refractivity contribution in [1.29, 1.82) is 5.26 Å². The number of nitrogens with zero attached hydrogens (tertiary/aromatic N) is 1. The van der Waals surface area contributed by atoms with Crippen molar-refractivity contribution in [1.82, 2.24) is 0 Å². The lowest BCUT2D eigenvalue weighted by molar-refractivity contribution is 0.711. The lowest BCUT2D eigenvalue weighted by Crippen LogP contribution is -2.13. The molecule has 0 bridgehead atoms. The summed E-state index contributed by atoms with van der Waals surface area (Å²) in [7, 11) is 0. The van der Waals surface area contributed by atoms with Gasteiger partial charge in [0.2, 0.25) is 0 Å². The minimum atomic E-state index is -0.0950. The van der Waals surface area contributed by atoms with Crippen LogP contribution in [0.3, 0.4) is 0 Å². The van der Waals surface area contributed by atoms with Crippen molar-refractivity contribution in [3.05, 3.63) is 42.0 Å². The molecule has 2 heteroatoms. The molecule has 1 saturated carbocycles. The molecule has 1 aliphatic rings. The lowest BCUT2D eigenvalue weighted by atomic mass is 10.1. The first-order chi connectivity index (χ1) is 8.71. The molecule has 2 nitrogen and oxygen atoms in total. The molecular formula is C16H16N2. The molecule has 1 N–H and O–H groups in total. The third-order valence-electron chi connectivity index (χ3n) is 3.72. The Labute approximate surface area is 107 Å². The van der Waals surface area contributed by atoms with Crippen LogP contribution in [0.25, 0.3) is 10.8 Å². The van der Waals surface area contributed by atoms with Gasteiger partial charge >= 0.3 is 0 Å². The van der Waals surface area contributed by atoms with Crippen molar-refractivity contribution in [2.45, 2.75) is 19.8 Å². The number of nitriles is 1. The van der Waals surface area contributed by atoms with Crippen LogP contribution in [0, 0.1) is 23.7 Å². The van der Waals surface area contributed by atoms with Gasteiger partial charge in [-0.15, -0.1) is 0 Å². The van der Waals surface area contributed by atoms with E-state index in [1.54, 1.807) is 0 Å². The zero-order chi connectivity index (χ0) is 12.6. The minimum absolute atomic E-state index is 0.0950. The van der Waals surface area contributed by atoms with Crippen molar-refractivity contribution in [3.63, 3.8) is 0 Å². The Kier molecular flexibility index (Phi) is 2.48. The zero-order valence-corrected chi connectivity index (χ0v) is 10.5. The Morgan fingerprint density at radius 2 is 1.89 bits per heavy atom. The van der Waals surface area contributed by atoms with Crippen LogP contribution in [0.15, 0.2) is 36.4 Å². The summed E-state index contributed by atoms with van der Waals surface area (Å²) in [5.41, 5.74) is 2.29. The first-order valence-electron chi connectivity index (χ1n) is 6.36. The van der Waals surface area contributed by atoms with Gasteiger partial charge < -0.3 is 5.32 Å². The Balaban J connectivity index is 1.81. The van der Waals surface area contributed by atoms with Gasteiger partial charge in [0.25, 0.3) is 0 Å². The third kappa shape index (κ3) is 2.04. The Bertz CT molecular complexity index is 633. The van der Waals surface area contributed by atoms with E-state index in [1.807, 2.05) is 0 Å². The maximum atomic E-state index is 9.05. The molecule has 0 unspecified atom stereocenters. The van der Waals surface area contributed by atoms with Gasteiger partial charge in [-0.1, -0.05) is 29.8 Å². The lowest BCUT2D eigenvalue weighted by Gasteiger charge is -2.10. The van der Waals surface area contributed by atoms with Gasteiger partial charge in [-0.3, -0.25) is 0 Å². The number of benzene rings is 2. The first-order valence-corrected chi connectivity index (χ1v) is 6.36. The predicted molar refractivity (Wildman–Crippen MR) is 74.5 cm³/mol. The van der Waals surface area contributed by atoms with E-state index < -0.39 is 0 Å². The molecule has 0 heterocycles. The van der Waals surface area contributed by atoms with Crippen LogP contribution in [0.4, 0.5) is 5.69 Å². The number of anilines is 1. The van der Waals surface area contributed by atoms with Crippen LogP contribution < -0.4 is 5.32 Å². The highest BCUT2D eigenvalue weighted by Gasteiger charge is 2.42. The van der Waals surface area contributed by atoms with Crippen LogP contribution in [0.5, 0.6) is 0 Å². The molecule has 1 fully saturated rings. The van der Waals surface area contributed by atoms with Gasteiger partial charge in [0.15, 0.2) is 0 Å². The fraction of sp³-hybridized carbons (Fsp3) is 0.312. The van der Waals surface area contributed by atoms with Crippen molar-refractivity contribution in [2.24, 2.45) is 5.41 Å². The fourth-order valence-electron chi connectivity index (χ4n) is 2.23. The highest BCUT2D eigenvalue weighted by Crippen LogP contribution is 2.44. The molecule has 0 aromatic heterocycles. The summed E-state index contributed by atoms with van der Waals surface area (Å²) in [5, 5.41) is 14.9. The molecule has 2 aromatic carbocycles. The smallest absolute Gasteiger partial charge is 0.0747 e. The molecule has 1 aliphatic carbocycles. The fourth-order valence-corrected chi connectivity index (χ4v) is 2.23. The van der Waals surface area contributed by atoms with Crippen LogP contribution in [0.1, 0.15) is 18.4 Å². The summed E-state index contributed by atoms with van der Waals surface area (Å²) >= 11 is 0. The number of aryl methyl sites for hydroxylation is 1. The normalized spacial score (nSPS) is 16.2. The van der Waals surface area contributed by atoms with Crippen LogP contribution >= 0.6 is 0 Å². The van der Waals surface area contributed by atoms with Gasteiger partial charge in [-0.05, 0) is 42.7 Å². The van der Waals surface area contributed by atoms with E-state index in [4.69, 9.17) is 5.26 Å². The SMILES string of the molecule is Cc1ccc2cc(NCC3(C#N)CC3)ccc2c1. The molecule has 2 aromatic rings. The Morgan fingerprint density at radius 3 is 2.61 bits per heavy atom. The maximum absolute atomic E-state index is 9.05. The average Bonchev–Trinajstić information content (AvgIpc) is 3.17. The second-order valence-electron chi connectivity index (χ2n) is 5.31. The van der Waals surface area contributed by atoms with Crippen LogP contribution in [0.2, 0.25) is 0 Å². The maximum Gasteiger partial charge on any atom is 0.0747 e. The van der Waals surface area contributed by atoms with Gasteiger partial charge in [0, 0.05) is 12.2 Å². The minimum Gasteiger partial charge on any atom is -0.383 e. The monoisotopic (exact) mass is 236 g/mol. The summed E-state index contributed by atoms with van der Waals surface area (Å²) in [6.45, 7) is 2.87. The summed E-state index contributed by atoms with van der Waals surface area (Å²) in [5.74, 6) is 0. The van der Waals surface area contributed by atoms with Crippen LogP contribution in [-0.4, -0.2) is 6.54 Å². The van der Waals surface area contributed by atoms with Crippen molar-refractivity contribution in [3.8, 4) is 6.07 Å². The summed E-state index contributed by atoms with van der Waals surface area (Å²) in [6, 6.07) is 15.3. The largest absolute Gasteiger partial charge is 0.383 e. The number of rotatable bonds is 3. The number of hydrogen-bond donors (Lipinski definition) is 1. The van der Waals surface area contributed by atoms with E-state index in [-0.39, 0.29) is 5.41 Å². The van der Waals surface area contributed by atoms with E-state index >= 15 is 0 Å². The molecule has 0 aliphatic heterocycles. The summed E-state index contributed by atoms with van der Waals surface area (Å²) in [6.07, 6.45) is 2.06. The molecule has 18 heavy (non-hydrogen) atoms. The van der Waals surface area contributed by atoms with Crippen molar-refractivity contribution >= 4 is 16.5 Å². The summed E-state index contributed by atoms with van der Waals surface area (Å²) in [4.78, 5) is 0. The highest BCUT2D eigenvalue weighted by atomic mass is 14.9. The average molecular weight is 236 g/mol. The second-order valence-corrected chi connectivity index (χ2v) is 5.31. The molecule has 90 valence electrons. The van der Waals surface area contributed by atoms with E-state index in [0.29, 0.717) is 0 Å². The predicted octanol–water partition coefficient (Wildman–Crippen LogP) is 3.86. The molecule has 3 rings (SSSR count). The molecule has 0 atom stereocenters. The van der Waals surface area contributed by atoms with Gasteiger partial charge in [-0.25, -0.2) is 0 Å². The summed E-state index contributed by atoms with van der Waals surface area (Å²) < 4.78 is 0. The van der Waals surface area contributed by atoms with Crippen molar-refractivity contribution in [2.75, 3.05) is 11.9 Å². The van der Waals surface area contributed by atoms with E-state index in [2.05, 4.69) is 54.7 Å².